The number of hydrogen-bond donors (Lipinski definition) is 1. The topological polar surface area (TPSA) is 23.5 Å². The van der Waals surface area contributed by atoms with Gasteiger partial charge in [-0.05, 0) is 55.9 Å². The van der Waals surface area contributed by atoms with Crippen molar-refractivity contribution in [2.75, 3.05) is 18.0 Å². The van der Waals surface area contributed by atoms with Crippen LogP contribution < -0.4 is 4.90 Å². The van der Waals surface area contributed by atoms with E-state index in [0.29, 0.717) is 11.3 Å². The molecule has 0 saturated heterocycles. The number of nitrogens with zero attached hydrogens (tertiary/aromatic N) is 1. The lowest BCUT2D eigenvalue weighted by Gasteiger charge is -2.41. The fraction of sp³-hybridized carbons (Fsp3) is 0.647. The van der Waals surface area contributed by atoms with Crippen LogP contribution in [-0.2, 0) is 0 Å². The Morgan fingerprint density at radius 3 is 2.55 bits per heavy atom. The number of hydrogen-bond acceptors (Lipinski definition) is 2. The van der Waals surface area contributed by atoms with Crippen LogP contribution in [0.3, 0.4) is 0 Å². The monoisotopic (exact) mass is 279 g/mol. The second-order valence-electron chi connectivity index (χ2n) is 6.75. The highest BCUT2D eigenvalue weighted by molar-refractivity contribution is 5.46. The van der Waals surface area contributed by atoms with Crippen molar-refractivity contribution >= 4 is 5.69 Å². The van der Waals surface area contributed by atoms with Crippen molar-refractivity contribution in [1.29, 1.82) is 0 Å². The fourth-order valence-corrected chi connectivity index (χ4v) is 3.26. The van der Waals surface area contributed by atoms with Gasteiger partial charge in [-0.2, -0.15) is 0 Å². The number of rotatable bonds is 4. The summed E-state index contributed by atoms with van der Waals surface area (Å²) in [5, 5.41) is 10.2. The van der Waals surface area contributed by atoms with Gasteiger partial charge in [0.1, 0.15) is 5.82 Å². The van der Waals surface area contributed by atoms with E-state index in [-0.39, 0.29) is 11.9 Å². The average Bonchev–Trinajstić information content (AvgIpc) is 2.41. The Morgan fingerprint density at radius 1 is 1.30 bits per heavy atom. The molecule has 2 unspecified atom stereocenters. The minimum atomic E-state index is -0.211. The molecule has 1 N–H and O–H groups in total. The Hall–Kier alpha value is -1.09. The molecule has 20 heavy (non-hydrogen) atoms. The third kappa shape index (κ3) is 3.72. The first kappa shape index (κ1) is 15.3. The van der Waals surface area contributed by atoms with E-state index >= 15 is 0 Å². The zero-order chi connectivity index (χ0) is 14.8. The van der Waals surface area contributed by atoms with E-state index in [1.807, 2.05) is 12.1 Å². The molecule has 1 fully saturated rings. The summed E-state index contributed by atoms with van der Waals surface area (Å²) in [6, 6.07) is 6.64. The predicted octanol–water partition coefficient (Wildman–Crippen LogP) is 3.84. The molecular weight excluding hydrogens is 253 g/mol. The number of anilines is 1. The normalized spacial score (nSPS) is 25.4. The molecule has 2 rings (SSSR count). The molecule has 1 aromatic rings. The summed E-state index contributed by atoms with van der Waals surface area (Å²) in [7, 11) is 0. The molecule has 0 aromatic heterocycles. The first-order chi connectivity index (χ1) is 9.41. The lowest BCUT2D eigenvalue weighted by Crippen LogP contribution is -2.41. The van der Waals surface area contributed by atoms with Gasteiger partial charge in [0.25, 0.3) is 0 Å². The van der Waals surface area contributed by atoms with E-state index in [0.717, 1.165) is 38.0 Å². The van der Waals surface area contributed by atoms with Crippen molar-refractivity contribution in [2.24, 2.45) is 11.3 Å². The van der Waals surface area contributed by atoms with Crippen LogP contribution in [0.25, 0.3) is 0 Å². The highest BCUT2D eigenvalue weighted by Gasteiger charge is 2.34. The van der Waals surface area contributed by atoms with E-state index in [1.165, 1.54) is 12.1 Å². The smallest absolute Gasteiger partial charge is 0.123 e. The predicted molar refractivity (Wildman–Crippen MR) is 81.4 cm³/mol. The highest BCUT2D eigenvalue weighted by Crippen LogP contribution is 2.39. The summed E-state index contributed by atoms with van der Waals surface area (Å²) < 4.78 is 13.0. The molecule has 1 saturated carbocycles. The third-order valence-corrected chi connectivity index (χ3v) is 4.50. The zero-order valence-corrected chi connectivity index (χ0v) is 12.8. The van der Waals surface area contributed by atoms with Crippen LogP contribution in [0, 0.1) is 17.2 Å². The van der Waals surface area contributed by atoms with Crippen molar-refractivity contribution in [1.82, 2.24) is 0 Å². The van der Waals surface area contributed by atoms with Gasteiger partial charge in [-0.3, -0.25) is 0 Å². The third-order valence-electron chi connectivity index (χ3n) is 4.50. The van der Waals surface area contributed by atoms with Gasteiger partial charge in [-0.25, -0.2) is 4.39 Å². The van der Waals surface area contributed by atoms with Crippen LogP contribution in [0.1, 0.15) is 40.0 Å². The fourth-order valence-electron chi connectivity index (χ4n) is 3.26. The van der Waals surface area contributed by atoms with E-state index in [1.54, 1.807) is 0 Å². The molecule has 1 aliphatic rings. The summed E-state index contributed by atoms with van der Waals surface area (Å²) in [6.07, 6.45) is 2.82. The molecule has 3 heteroatoms. The Morgan fingerprint density at radius 2 is 1.95 bits per heavy atom. The van der Waals surface area contributed by atoms with Crippen LogP contribution >= 0.6 is 0 Å². The van der Waals surface area contributed by atoms with Crippen LogP contribution in [0.15, 0.2) is 24.3 Å². The second-order valence-corrected chi connectivity index (χ2v) is 6.75. The van der Waals surface area contributed by atoms with Gasteiger partial charge in [0.15, 0.2) is 0 Å². The standard InChI is InChI=1S/C17H26FNO/c1-4-19(15-7-5-14(18)6-8-15)12-13-11-17(2,3)10-9-16(13)20/h5-8,13,16,20H,4,9-12H2,1-3H3. The molecule has 0 heterocycles. The van der Waals surface area contributed by atoms with Gasteiger partial charge in [-0.15, -0.1) is 0 Å². The van der Waals surface area contributed by atoms with Crippen LogP contribution in [0.2, 0.25) is 0 Å². The highest BCUT2D eigenvalue weighted by atomic mass is 19.1. The first-order valence-corrected chi connectivity index (χ1v) is 7.60. The molecule has 2 nitrogen and oxygen atoms in total. The zero-order valence-electron chi connectivity index (χ0n) is 12.8. The number of benzene rings is 1. The lowest BCUT2D eigenvalue weighted by molar-refractivity contribution is 0.0250. The summed E-state index contributed by atoms with van der Waals surface area (Å²) in [6.45, 7) is 8.37. The molecule has 0 radical (unpaired) electrons. The van der Waals surface area contributed by atoms with Crippen molar-refractivity contribution in [2.45, 2.75) is 46.1 Å². The van der Waals surface area contributed by atoms with Gasteiger partial charge >= 0.3 is 0 Å². The van der Waals surface area contributed by atoms with Crippen LogP contribution in [0.5, 0.6) is 0 Å². The SMILES string of the molecule is CCN(CC1CC(C)(C)CCC1O)c1ccc(F)cc1. The minimum absolute atomic E-state index is 0.205. The van der Waals surface area contributed by atoms with Gasteiger partial charge in [0.05, 0.1) is 6.10 Å². The number of aliphatic hydroxyl groups excluding tert-OH is 1. The van der Waals surface area contributed by atoms with Crippen molar-refractivity contribution < 1.29 is 9.50 Å². The van der Waals surface area contributed by atoms with Gasteiger partial charge < -0.3 is 10.0 Å². The van der Waals surface area contributed by atoms with E-state index in [2.05, 4.69) is 25.7 Å². The molecular formula is C17H26FNO. The number of halogens is 1. The van der Waals surface area contributed by atoms with Crippen molar-refractivity contribution in [3.8, 4) is 0 Å². The Balaban J connectivity index is 2.07. The quantitative estimate of drug-likeness (QED) is 0.905. The van der Waals surface area contributed by atoms with E-state index in [4.69, 9.17) is 0 Å². The molecule has 1 aliphatic carbocycles. The van der Waals surface area contributed by atoms with Gasteiger partial charge in [0, 0.05) is 24.7 Å². The van der Waals surface area contributed by atoms with E-state index in [9.17, 15) is 9.50 Å². The number of aliphatic hydroxyl groups is 1. The molecule has 1 aromatic carbocycles. The molecule has 2 atom stereocenters. The van der Waals surface area contributed by atoms with Crippen LogP contribution in [0.4, 0.5) is 10.1 Å². The summed E-state index contributed by atoms with van der Waals surface area (Å²) in [4.78, 5) is 2.23. The van der Waals surface area contributed by atoms with Crippen LogP contribution in [-0.4, -0.2) is 24.3 Å². The molecule has 0 amide bonds. The molecule has 112 valence electrons. The maximum absolute atomic E-state index is 13.0. The maximum Gasteiger partial charge on any atom is 0.123 e. The molecule has 0 bridgehead atoms. The maximum atomic E-state index is 13.0. The Bertz CT molecular complexity index is 429. The van der Waals surface area contributed by atoms with E-state index < -0.39 is 0 Å². The average molecular weight is 279 g/mol. The largest absolute Gasteiger partial charge is 0.393 e. The Kier molecular flexibility index (Phi) is 4.69. The minimum Gasteiger partial charge on any atom is -0.393 e. The van der Waals surface area contributed by atoms with Crippen molar-refractivity contribution in [3.05, 3.63) is 30.1 Å². The molecule has 0 aliphatic heterocycles. The van der Waals surface area contributed by atoms with Gasteiger partial charge in [0.2, 0.25) is 0 Å². The lowest BCUT2D eigenvalue weighted by atomic mass is 9.70. The summed E-state index contributed by atoms with van der Waals surface area (Å²) >= 11 is 0. The van der Waals surface area contributed by atoms with Gasteiger partial charge in [-0.1, -0.05) is 13.8 Å². The summed E-state index contributed by atoms with van der Waals surface area (Å²) in [5.41, 5.74) is 1.34. The second kappa shape index (κ2) is 6.13. The first-order valence-electron chi connectivity index (χ1n) is 7.60. The Labute approximate surface area is 121 Å². The van der Waals surface area contributed by atoms with Crippen molar-refractivity contribution in [3.63, 3.8) is 0 Å². The molecule has 0 spiro atoms. The summed E-state index contributed by atoms with van der Waals surface area (Å²) in [5.74, 6) is 0.0902.